The number of hydrogen-bond acceptors (Lipinski definition) is 2. The number of thioether (sulfide) groups is 1. The SMILES string of the molecule is Cc1ccc(NC(=O)CCSc2ccccc2F)cc1C. The summed E-state index contributed by atoms with van der Waals surface area (Å²) >= 11 is 1.36. The quantitative estimate of drug-likeness (QED) is 0.820. The molecular formula is C17H18FNOS. The molecule has 2 nitrogen and oxygen atoms in total. The van der Waals surface area contributed by atoms with Crippen LogP contribution in [-0.4, -0.2) is 11.7 Å². The number of aryl methyl sites for hydroxylation is 2. The number of amides is 1. The molecule has 1 N–H and O–H groups in total. The van der Waals surface area contributed by atoms with E-state index in [9.17, 15) is 9.18 Å². The standard InChI is InChI=1S/C17H18FNOS/c1-12-7-8-14(11-13(12)2)19-17(20)9-10-21-16-6-4-3-5-15(16)18/h3-8,11H,9-10H2,1-2H3,(H,19,20). The Balaban J connectivity index is 1.82. The molecule has 21 heavy (non-hydrogen) atoms. The van der Waals surface area contributed by atoms with Crippen LogP contribution >= 0.6 is 11.8 Å². The lowest BCUT2D eigenvalue weighted by molar-refractivity contribution is -0.115. The molecule has 0 atom stereocenters. The van der Waals surface area contributed by atoms with Crippen LogP contribution < -0.4 is 5.32 Å². The van der Waals surface area contributed by atoms with E-state index in [1.807, 2.05) is 32.0 Å². The van der Waals surface area contributed by atoms with Gasteiger partial charge in [0.2, 0.25) is 5.91 Å². The van der Waals surface area contributed by atoms with Gasteiger partial charge in [0.15, 0.2) is 0 Å². The average molecular weight is 303 g/mol. The zero-order chi connectivity index (χ0) is 15.2. The average Bonchev–Trinajstić information content (AvgIpc) is 2.45. The number of nitrogens with one attached hydrogen (secondary N) is 1. The third-order valence-corrected chi connectivity index (χ3v) is 4.26. The van der Waals surface area contributed by atoms with Crippen molar-refractivity contribution in [1.82, 2.24) is 0 Å². The van der Waals surface area contributed by atoms with E-state index >= 15 is 0 Å². The van der Waals surface area contributed by atoms with Crippen molar-refractivity contribution in [3.05, 3.63) is 59.4 Å². The topological polar surface area (TPSA) is 29.1 Å². The molecule has 0 saturated carbocycles. The van der Waals surface area contributed by atoms with Crippen molar-refractivity contribution in [1.29, 1.82) is 0 Å². The minimum Gasteiger partial charge on any atom is -0.326 e. The minimum atomic E-state index is -0.239. The second-order valence-corrected chi connectivity index (χ2v) is 6.01. The molecule has 4 heteroatoms. The van der Waals surface area contributed by atoms with Gasteiger partial charge in [0.05, 0.1) is 0 Å². The fraction of sp³-hybridized carbons (Fsp3) is 0.235. The summed E-state index contributed by atoms with van der Waals surface area (Å²) in [6.45, 7) is 4.05. The van der Waals surface area contributed by atoms with Gasteiger partial charge in [-0.15, -0.1) is 11.8 Å². The van der Waals surface area contributed by atoms with E-state index in [2.05, 4.69) is 5.32 Å². The number of anilines is 1. The molecule has 0 spiro atoms. The largest absolute Gasteiger partial charge is 0.326 e. The summed E-state index contributed by atoms with van der Waals surface area (Å²) in [5.41, 5.74) is 3.15. The second kappa shape index (κ2) is 7.27. The maximum atomic E-state index is 13.4. The first kappa shape index (κ1) is 15.6. The van der Waals surface area contributed by atoms with Gasteiger partial charge >= 0.3 is 0 Å². The molecule has 1 amide bonds. The van der Waals surface area contributed by atoms with Gasteiger partial charge in [0.1, 0.15) is 5.82 Å². The zero-order valence-corrected chi connectivity index (χ0v) is 13.0. The smallest absolute Gasteiger partial charge is 0.225 e. The molecule has 0 aliphatic heterocycles. The Bertz CT molecular complexity index is 642. The molecule has 2 rings (SSSR count). The third-order valence-electron chi connectivity index (χ3n) is 3.21. The van der Waals surface area contributed by atoms with E-state index in [1.54, 1.807) is 18.2 Å². The fourth-order valence-corrected chi connectivity index (χ4v) is 2.75. The van der Waals surface area contributed by atoms with Crippen LogP contribution in [0.15, 0.2) is 47.4 Å². The molecular weight excluding hydrogens is 285 g/mol. The van der Waals surface area contributed by atoms with Gasteiger partial charge in [-0.05, 0) is 49.2 Å². The molecule has 0 bridgehead atoms. The van der Waals surface area contributed by atoms with Gasteiger partial charge in [-0.1, -0.05) is 18.2 Å². The summed E-state index contributed by atoms with van der Waals surface area (Å²) in [7, 11) is 0. The predicted octanol–water partition coefficient (Wildman–Crippen LogP) is 4.56. The first-order chi connectivity index (χ1) is 10.1. The van der Waals surface area contributed by atoms with Gasteiger partial charge in [0, 0.05) is 22.8 Å². The van der Waals surface area contributed by atoms with Gasteiger partial charge < -0.3 is 5.32 Å². The summed E-state index contributed by atoms with van der Waals surface area (Å²) in [5, 5.41) is 2.86. The number of carbonyl (C=O) groups is 1. The Morgan fingerprint density at radius 2 is 1.90 bits per heavy atom. The van der Waals surface area contributed by atoms with Crippen molar-refractivity contribution in [3.8, 4) is 0 Å². The summed E-state index contributed by atoms with van der Waals surface area (Å²) in [6.07, 6.45) is 0.353. The Hall–Kier alpha value is -1.81. The highest BCUT2D eigenvalue weighted by atomic mass is 32.2. The van der Waals surface area contributed by atoms with Gasteiger partial charge in [0.25, 0.3) is 0 Å². The van der Waals surface area contributed by atoms with E-state index in [1.165, 1.54) is 23.4 Å². The summed E-state index contributed by atoms with van der Waals surface area (Å²) < 4.78 is 13.4. The van der Waals surface area contributed by atoms with Gasteiger partial charge in [-0.25, -0.2) is 4.39 Å². The van der Waals surface area contributed by atoms with Crippen molar-refractivity contribution >= 4 is 23.4 Å². The lowest BCUT2D eigenvalue weighted by atomic mass is 10.1. The first-order valence-corrected chi connectivity index (χ1v) is 7.79. The molecule has 110 valence electrons. The number of halogens is 1. The Kier molecular flexibility index (Phi) is 5.39. The van der Waals surface area contributed by atoms with Crippen LogP contribution in [0.25, 0.3) is 0 Å². The molecule has 0 radical (unpaired) electrons. The fourth-order valence-electron chi connectivity index (χ4n) is 1.86. The monoisotopic (exact) mass is 303 g/mol. The molecule has 0 aromatic heterocycles. The summed E-state index contributed by atoms with van der Waals surface area (Å²) in [5.74, 6) is 0.261. The Morgan fingerprint density at radius 1 is 1.14 bits per heavy atom. The molecule has 0 heterocycles. The lowest BCUT2D eigenvalue weighted by Crippen LogP contribution is -2.12. The van der Waals surface area contributed by atoms with Crippen LogP contribution in [0.2, 0.25) is 0 Å². The van der Waals surface area contributed by atoms with Crippen molar-refractivity contribution in [2.75, 3.05) is 11.1 Å². The van der Waals surface area contributed by atoms with Crippen LogP contribution in [-0.2, 0) is 4.79 Å². The maximum absolute atomic E-state index is 13.4. The van der Waals surface area contributed by atoms with E-state index in [0.29, 0.717) is 17.1 Å². The number of rotatable bonds is 5. The Morgan fingerprint density at radius 3 is 2.62 bits per heavy atom. The molecule has 0 aliphatic carbocycles. The number of hydrogen-bond donors (Lipinski definition) is 1. The van der Waals surface area contributed by atoms with E-state index < -0.39 is 0 Å². The van der Waals surface area contributed by atoms with E-state index in [-0.39, 0.29) is 11.7 Å². The highest BCUT2D eigenvalue weighted by Crippen LogP contribution is 2.22. The Labute approximate surface area is 128 Å². The summed E-state index contributed by atoms with van der Waals surface area (Å²) in [6, 6.07) is 12.4. The van der Waals surface area contributed by atoms with Crippen LogP contribution in [0.5, 0.6) is 0 Å². The number of carbonyl (C=O) groups excluding carboxylic acids is 1. The lowest BCUT2D eigenvalue weighted by Gasteiger charge is -2.08. The molecule has 0 saturated heterocycles. The van der Waals surface area contributed by atoms with E-state index in [0.717, 1.165) is 11.3 Å². The van der Waals surface area contributed by atoms with Crippen molar-refractivity contribution in [2.45, 2.75) is 25.2 Å². The van der Waals surface area contributed by atoms with Crippen molar-refractivity contribution in [2.24, 2.45) is 0 Å². The van der Waals surface area contributed by atoms with Crippen LogP contribution in [0.4, 0.5) is 10.1 Å². The van der Waals surface area contributed by atoms with Crippen LogP contribution in [0.3, 0.4) is 0 Å². The number of benzene rings is 2. The minimum absolute atomic E-state index is 0.0536. The van der Waals surface area contributed by atoms with Crippen LogP contribution in [0, 0.1) is 19.7 Å². The molecule has 0 fully saturated rings. The molecule has 0 unspecified atom stereocenters. The molecule has 2 aromatic carbocycles. The second-order valence-electron chi connectivity index (χ2n) is 4.88. The normalized spacial score (nSPS) is 10.4. The zero-order valence-electron chi connectivity index (χ0n) is 12.2. The molecule has 2 aromatic rings. The predicted molar refractivity (Wildman–Crippen MR) is 86.3 cm³/mol. The van der Waals surface area contributed by atoms with Crippen molar-refractivity contribution in [3.63, 3.8) is 0 Å². The van der Waals surface area contributed by atoms with Crippen LogP contribution in [0.1, 0.15) is 17.5 Å². The molecule has 0 aliphatic rings. The third kappa shape index (κ3) is 4.60. The summed E-state index contributed by atoms with van der Waals surface area (Å²) in [4.78, 5) is 12.4. The highest BCUT2D eigenvalue weighted by molar-refractivity contribution is 7.99. The van der Waals surface area contributed by atoms with E-state index in [4.69, 9.17) is 0 Å². The maximum Gasteiger partial charge on any atom is 0.225 e. The highest BCUT2D eigenvalue weighted by Gasteiger charge is 2.06. The van der Waals surface area contributed by atoms with Gasteiger partial charge in [-0.3, -0.25) is 4.79 Å². The first-order valence-electron chi connectivity index (χ1n) is 6.80. The van der Waals surface area contributed by atoms with Crippen molar-refractivity contribution < 1.29 is 9.18 Å². The van der Waals surface area contributed by atoms with Gasteiger partial charge in [-0.2, -0.15) is 0 Å².